The highest BCUT2D eigenvalue weighted by atomic mass is 32.1. The summed E-state index contributed by atoms with van der Waals surface area (Å²) < 4.78 is 26.4. The van der Waals surface area contributed by atoms with Gasteiger partial charge in [-0.2, -0.15) is 0 Å². The molecular weight excluding hydrogens is 294 g/mol. The number of hydrogen-bond donors (Lipinski definition) is 2. The molecule has 0 spiro atoms. The van der Waals surface area contributed by atoms with Gasteiger partial charge in [-0.15, -0.1) is 0 Å². The number of carbonyl (C=O) groups excluding carboxylic acids is 1. The predicted molar refractivity (Wildman–Crippen MR) is 84.0 cm³/mol. The Bertz CT molecular complexity index is 508. The van der Waals surface area contributed by atoms with Crippen molar-refractivity contribution in [2.45, 2.75) is 39.5 Å². The van der Waals surface area contributed by atoms with Crippen molar-refractivity contribution in [3.05, 3.63) is 29.8 Å². The largest absolute Gasteiger partial charge is 0.392 e. The van der Waals surface area contributed by atoms with E-state index in [9.17, 15) is 13.6 Å². The predicted octanol–water partition coefficient (Wildman–Crippen LogP) is 3.78. The van der Waals surface area contributed by atoms with Crippen molar-refractivity contribution in [2.24, 2.45) is 11.1 Å². The van der Waals surface area contributed by atoms with Crippen LogP contribution in [0.5, 0.6) is 0 Å². The number of anilines is 1. The summed E-state index contributed by atoms with van der Waals surface area (Å²) in [6.07, 6.45) is 2.45. The molecule has 1 amide bonds. The molecule has 0 aliphatic heterocycles. The van der Waals surface area contributed by atoms with Crippen LogP contribution in [0.4, 0.5) is 14.5 Å². The van der Waals surface area contributed by atoms with E-state index in [1.807, 2.05) is 13.8 Å². The molecule has 0 fully saturated rings. The van der Waals surface area contributed by atoms with E-state index in [1.165, 1.54) is 0 Å². The molecule has 116 valence electrons. The van der Waals surface area contributed by atoms with Crippen molar-refractivity contribution in [1.29, 1.82) is 0 Å². The summed E-state index contributed by atoms with van der Waals surface area (Å²) in [6.45, 7) is 3.86. The van der Waals surface area contributed by atoms with E-state index in [-0.39, 0.29) is 10.7 Å². The lowest BCUT2D eigenvalue weighted by atomic mass is 9.78. The van der Waals surface area contributed by atoms with Crippen LogP contribution in [0.3, 0.4) is 0 Å². The third-order valence-electron chi connectivity index (χ3n) is 3.38. The lowest BCUT2D eigenvalue weighted by Crippen LogP contribution is -2.46. The average Bonchev–Trinajstić information content (AvgIpc) is 2.36. The number of rotatable bonds is 7. The first kappa shape index (κ1) is 17.5. The summed E-state index contributed by atoms with van der Waals surface area (Å²) in [5.74, 6) is -1.92. The van der Waals surface area contributed by atoms with Gasteiger partial charge in [0.05, 0.1) is 10.4 Å². The Balaban J connectivity index is 3.07. The Morgan fingerprint density at radius 2 is 1.67 bits per heavy atom. The summed E-state index contributed by atoms with van der Waals surface area (Å²) in [5, 5.41) is 2.53. The van der Waals surface area contributed by atoms with Gasteiger partial charge >= 0.3 is 0 Å². The number of nitrogens with two attached hydrogens (primary N) is 1. The molecular formula is C15H20F2N2OS. The fourth-order valence-electron chi connectivity index (χ4n) is 2.44. The number of thiocarbonyl (C=S) groups is 1. The average molecular weight is 314 g/mol. The van der Waals surface area contributed by atoms with Crippen LogP contribution in [-0.2, 0) is 4.79 Å². The first-order valence-corrected chi connectivity index (χ1v) is 7.34. The normalized spacial score (nSPS) is 11.2. The zero-order valence-corrected chi connectivity index (χ0v) is 13.0. The standard InChI is InChI=1S/C15H20F2N2OS/c1-3-5-15(6-4-2,13(18)21)14(20)19-12-8-10(16)7-11(17)9-12/h7-9H,3-6H2,1-2H3,(H2,18,21)(H,19,20). The summed E-state index contributed by atoms with van der Waals surface area (Å²) in [7, 11) is 0. The molecule has 0 aliphatic carbocycles. The number of carbonyl (C=O) groups is 1. The maximum atomic E-state index is 13.2. The van der Waals surface area contributed by atoms with Crippen molar-refractivity contribution < 1.29 is 13.6 Å². The lowest BCUT2D eigenvalue weighted by molar-refractivity contribution is -0.122. The molecule has 1 rings (SSSR count). The minimum Gasteiger partial charge on any atom is -0.392 e. The molecule has 0 aliphatic rings. The fourth-order valence-corrected chi connectivity index (χ4v) is 2.74. The highest BCUT2D eigenvalue weighted by molar-refractivity contribution is 7.80. The fraction of sp³-hybridized carbons (Fsp3) is 0.467. The van der Waals surface area contributed by atoms with Crippen molar-refractivity contribution >= 4 is 28.8 Å². The quantitative estimate of drug-likeness (QED) is 0.753. The molecule has 0 heterocycles. The van der Waals surface area contributed by atoms with E-state index in [1.54, 1.807) is 0 Å². The van der Waals surface area contributed by atoms with Gasteiger partial charge in [0, 0.05) is 11.8 Å². The SMILES string of the molecule is CCCC(CCC)(C(=O)Nc1cc(F)cc(F)c1)C(N)=S. The highest BCUT2D eigenvalue weighted by Gasteiger charge is 2.39. The minimum atomic E-state index is -0.984. The van der Waals surface area contributed by atoms with Gasteiger partial charge in [0.2, 0.25) is 5.91 Å². The van der Waals surface area contributed by atoms with Gasteiger partial charge in [-0.1, -0.05) is 38.9 Å². The molecule has 3 nitrogen and oxygen atoms in total. The zero-order chi connectivity index (χ0) is 16.0. The smallest absolute Gasteiger partial charge is 0.237 e. The van der Waals surface area contributed by atoms with Crippen LogP contribution in [0.2, 0.25) is 0 Å². The van der Waals surface area contributed by atoms with Gasteiger partial charge in [-0.3, -0.25) is 4.79 Å². The number of nitrogens with one attached hydrogen (secondary N) is 1. The molecule has 6 heteroatoms. The summed E-state index contributed by atoms with van der Waals surface area (Å²) >= 11 is 5.07. The number of halogens is 2. The zero-order valence-electron chi connectivity index (χ0n) is 12.2. The highest BCUT2D eigenvalue weighted by Crippen LogP contribution is 2.32. The van der Waals surface area contributed by atoms with Gasteiger partial charge in [0.15, 0.2) is 0 Å². The van der Waals surface area contributed by atoms with Crippen LogP contribution >= 0.6 is 12.2 Å². The second-order valence-corrected chi connectivity index (χ2v) is 5.50. The van der Waals surface area contributed by atoms with Crippen molar-refractivity contribution in [3.8, 4) is 0 Å². The Hall–Kier alpha value is -1.56. The van der Waals surface area contributed by atoms with Crippen molar-refractivity contribution in [1.82, 2.24) is 0 Å². The van der Waals surface area contributed by atoms with Crippen LogP contribution in [0.1, 0.15) is 39.5 Å². The van der Waals surface area contributed by atoms with E-state index >= 15 is 0 Å². The second kappa shape index (κ2) is 7.45. The van der Waals surface area contributed by atoms with Gasteiger partial charge < -0.3 is 11.1 Å². The first-order valence-electron chi connectivity index (χ1n) is 6.93. The Kier molecular flexibility index (Phi) is 6.20. The first-order chi connectivity index (χ1) is 9.85. The molecule has 0 saturated heterocycles. The molecule has 21 heavy (non-hydrogen) atoms. The molecule has 0 saturated carbocycles. The van der Waals surface area contributed by atoms with Gasteiger partial charge in [0.25, 0.3) is 0 Å². The van der Waals surface area contributed by atoms with Gasteiger partial charge in [-0.25, -0.2) is 8.78 Å². The van der Waals surface area contributed by atoms with E-state index < -0.39 is 23.0 Å². The molecule has 0 bridgehead atoms. The Morgan fingerprint density at radius 3 is 2.05 bits per heavy atom. The monoisotopic (exact) mass is 314 g/mol. The van der Waals surface area contributed by atoms with Crippen LogP contribution in [0.25, 0.3) is 0 Å². The Labute approximate surface area is 128 Å². The topological polar surface area (TPSA) is 55.1 Å². The van der Waals surface area contributed by atoms with Gasteiger partial charge in [0.1, 0.15) is 11.6 Å². The molecule has 0 radical (unpaired) electrons. The summed E-state index contributed by atoms with van der Waals surface area (Å²) in [6, 6.07) is 2.86. The van der Waals surface area contributed by atoms with Crippen LogP contribution in [0, 0.1) is 17.0 Å². The minimum absolute atomic E-state index is 0.0605. The maximum Gasteiger partial charge on any atom is 0.237 e. The van der Waals surface area contributed by atoms with Crippen molar-refractivity contribution in [2.75, 3.05) is 5.32 Å². The van der Waals surface area contributed by atoms with E-state index in [4.69, 9.17) is 18.0 Å². The summed E-state index contributed by atoms with van der Waals surface area (Å²) in [5.41, 5.74) is 4.86. The van der Waals surface area contributed by atoms with Crippen LogP contribution in [-0.4, -0.2) is 10.9 Å². The van der Waals surface area contributed by atoms with E-state index in [0.717, 1.165) is 31.0 Å². The van der Waals surface area contributed by atoms with Crippen LogP contribution < -0.4 is 11.1 Å². The molecule has 1 aromatic carbocycles. The molecule has 1 aromatic rings. The number of hydrogen-bond acceptors (Lipinski definition) is 2. The third-order valence-corrected chi connectivity index (χ3v) is 3.77. The molecule has 0 unspecified atom stereocenters. The number of amides is 1. The van der Waals surface area contributed by atoms with E-state index in [0.29, 0.717) is 12.8 Å². The molecule has 0 atom stereocenters. The number of benzene rings is 1. The molecule has 0 aromatic heterocycles. The Morgan fingerprint density at radius 1 is 1.19 bits per heavy atom. The maximum absolute atomic E-state index is 13.2. The second-order valence-electron chi connectivity index (χ2n) is 5.06. The van der Waals surface area contributed by atoms with Crippen molar-refractivity contribution in [3.63, 3.8) is 0 Å². The summed E-state index contributed by atoms with van der Waals surface area (Å²) in [4.78, 5) is 12.7. The van der Waals surface area contributed by atoms with E-state index in [2.05, 4.69) is 5.32 Å². The van der Waals surface area contributed by atoms with Crippen LogP contribution in [0.15, 0.2) is 18.2 Å². The third kappa shape index (κ3) is 4.20. The lowest BCUT2D eigenvalue weighted by Gasteiger charge is -2.31. The molecule has 3 N–H and O–H groups in total. The van der Waals surface area contributed by atoms with Gasteiger partial charge in [-0.05, 0) is 25.0 Å².